The third-order valence-electron chi connectivity index (χ3n) is 3.59. The average Bonchev–Trinajstić information content (AvgIpc) is 2.55. The lowest BCUT2D eigenvalue weighted by molar-refractivity contribution is 0.456. The predicted octanol–water partition coefficient (Wildman–Crippen LogP) is 3.33. The van der Waals surface area contributed by atoms with Crippen LogP contribution in [0.15, 0.2) is 18.3 Å². The van der Waals surface area contributed by atoms with Gasteiger partial charge in [0.05, 0.1) is 0 Å². The third kappa shape index (κ3) is 3.20. The molecule has 1 fully saturated rings. The Bertz CT molecular complexity index is 408. The zero-order chi connectivity index (χ0) is 12.1. The lowest BCUT2D eigenvalue weighted by atomic mass is 9.97. The van der Waals surface area contributed by atoms with Gasteiger partial charge in [-0.1, -0.05) is 26.2 Å². The molecule has 1 aromatic heterocycles. The molecular weight excluding hydrogens is 210 g/mol. The van der Waals surface area contributed by atoms with E-state index in [0.717, 1.165) is 5.69 Å². The van der Waals surface area contributed by atoms with Crippen LogP contribution in [0.3, 0.4) is 0 Å². The molecule has 1 aliphatic carbocycles. The van der Waals surface area contributed by atoms with Gasteiger partial charge in [0.15, 0.2) is 0 Å². The lowest BCUT2D eigenvalue weighted by Gasteiger charge is -2.23. The van der Waals surface area contributed by atoms with Crippen LogP contribution in [0.1, 0.15) is 44.7 Å². The molecule has 2 rings (SSSR count). The summed E-state index contributed by atoms with van der Waals surface area (Å²) in [6.45, 7) is 2.31. The van der Waals surface area contributed by atoms with Crippen LogP contribution in [0.4, 0.5) is 5.69 Å². The summed E-state index contributed by atoms with van der Waals surface area (Å²) in [5.41, 5.74) is 1.51. The van der Waals surface area contributed by atoms with Gasteiger partial charge in [0, 0.05) is 17.9 Å². The predicted molar refractivity (Wildman–Crippen MR) is 68.6 cm³/mol. The Morgan fingerprint density at radius 2 is 2.18 bits per heavy atom. The summed E-state index contributed by atoms with van der Waals surface area (Å²) in [7, 11) is 0. The molecule has 0 bridgehead atoms. The van der Waals surface area contributed by atoms with Gasteiger partial charge in [-0.25, -0.2) is 4.98 Å². The van der Waals surface area contributed by atoms with E-state index in [1.165, 1.54) is 32.1 Å². The Hall–Kier alpha value is -1.56. The lowest BCUT2D eigenvalue weighted by Crippen LogP contribution is -2.26. The first kappa shape index (κ1) is 11.9. The summed E-state index contributed by atoms with van der Waals surface area (Å²) < 4.78 is 0. The van der Waals surface area contributed by atoms with Crippen LogP contribution in [0.25, 0.3) is 0 Å². The van der Waals surface area contributed by atoms with Crippen molar-refractivity contribution in [3.63, 3.8) is 0 Å². The fourth-order valence-corrected chi connectivity index (χ4v) is 2.50. The Balaban J connectivity index is 2.05. The molecule has 1 heterocycles. The summed E-state index contributed by atoms with van der Waals surface area (Å²) in [4.78, 5) is 3.99. The Morgan fingerprint density at radius 3 is 3.00 bits per heavy atom. The number of hydrogen-bond acceptors (Lipinski definition) is 3. The van der Waals surface area contributed by atoms with E-state index < -0.39 is 0 Å². The fourth-order valence-electron chi connectivity index (χ4n) is 2.50. The van der Waals surface area contributed by atoms with Crippen LogP contribution >= 0.6 is 0 Å². The molecule has 1 N–H and O–H groups in total. The molecule has 0 saturated heterocycles. The number of nitrogens with zero attached hydrogens (tertiary/aromatic N) is 2. The largest absolute Gasteiger partial charge is 0.382 e. The fraction of sp³-hybridized carbons (Fsp3) is 0.571. The smallest absolute Gasteiger partial charge is 0.142 e. The molecule has 17 heavy (non-hydrogen) atoms. The second kappa shape index (κ2) is 5.67. The molecule has 3 nitrogen and oxygen atoms in total. The van der Waals surface area contributed by atoms with Crippen molar-refractivity contribution in [3.8, 4) is 6.07 Å². The molecule has 90 valence electrons. The number of anilines is 1. The molecule has 1 aromatic rings. The number of pyridine rings is 1. The van der Waals surface area contributed by atoms with Crippen LogP contribution in [-0.4, -0.2) is 11.0 Å². The molecule has 3 heteroatoms. The number of rotatable bonds is 2. The minimum absolute atomic E-state index is 0.483. The first-order chi connectivity index (χ1) is 8.29. The molecule has 0 aliphatic heterocycles. The van der Waals surface area contributed by atoms with E-state index in [2.05, 4.69) is 23.3 Å². The molecule has 0 amide bonds. The molecule has 0 aromatic carbocycles. The highest BCUT2D eigenvalue weighted by Crippen LogP contribution is 2.25. The van der Waals surface area contributed by atoms with Gasteiger partial charge in [0.2, 0.25) is 0 Å². The molecule has 0 radical (unpaired) electrons. The molecule has 1 saturated carbocycles. The highest BCUT2D eigenvalue weighted by Gasteiger charge is 2.19. The molecule has 0 spiro atoms. The second-order valence-electron chi connectivity index (χ2n) is 4.91. The van der Waals surface area contributed by atoms with Crippen molar-refractivity contribution in [2.24, 2.45) is 5.92 Å². The highest BCUT2D eigenvalue weighted by atomic mass is 14.9. The van der Waals surface area contributed by atoms with Gasteiger partial charge < -0.3 is 5.32 Å². The molecule has 1 aliphatic rings. The van der Waals surface area contributed by atoms with Crippen molar-refractivity contribution < 1.29 is 0 Å². The second-order valence-corrected chi connectivity index (χ2v) is 4.91. The van der Waals surface area contributed by atoms with Crippen molar-refractivity contribution in [2.75, 3.05) is 5.32 Å². The maximum absolute atomic E-state index is 8.82. The van der Waals surface area contributed by atoms with Crippen molar-refractivity contribution in [1.29, 1.82) is 5.26 Å². The summed E-state index contributed by atoms with van der Waals surface area (Å²) in [6, 6.07) is 6.38. The van der Waals surface area contributed by atoms with Gasteiger partial charge in [-0.3, -0.25) is 0 Å². The highest BCUT2D eigenvalue weighted by molar-refractivity contribution is 5.46. The van der Waals surface area contributed by atoms with Gasteiger partial charge in [-0.15, -0.1) is 0 Å². The molecule has 2 atom stereocenters. The van der Waals surface area contributed by atoms with Gasteiger partial charge in [0.1, 0.15) is 11.8 Å². The third-order valence-corrected chi connectivity index (χ3v) is 3.59. The number of aromatic nitrogens is 1. The van der Waals surface area contributed by atoms with Crippen molar-refractivity contribution in [3.05, 3.63) is 24.0 Å². The van der Waals surface area contributed by atoms with E-state index in [-0.39, 0.29) is 0 Å². The standard InChI is InChI=1S/C14H19N3/c1-11-5-3-2-4-6-14(11)17-12-7-8-16-13(9-12)10-15/h7-9,11,14H,2-6H2,1H3,(H,16,17). The van der Waals surface area contributed by atoms with E-state index in [1.54, 1.807) is 6.20 Å². The summed E-state index contributed by atoms with van der Waals surface area (Å²) >= 11 is 0. The molecule has 2 unspecified atom stereocenters. The van der Waals surface area contributed by atoms with E-state index in [4.69, 9.17) is 5.26 Å². The van der Waals surface area contributed by atoms with Crippen LogP contribution in [-0.2, 0) is 0 Å². The molecular formula is C14H19N3. The normalized spacial score (nSPS) is 24.7. The van der Waals surface area contributed by atoms with E-state index in [9.17, 15) is 0 Å². The zero-order valence-electron chi connectivity index (χ0n) is 10.3. The van der Waals surface area contributed by atoms with Crippen LogP contribution in [0.2, 0.25) is 0 Å². The number of nitriles is 1. The topological polar surface area (TPSA) is 48.7 Å². The van der Waals surface area contributed by atoms with E-state index in [1.807, 2.05) is 12.1 Å². The van der Waals surface area contributed by atoms with Crippen LogP contribution in [0.5, 0.6) is 0 Å². The Morgan fingerprint density at radius 1 is 1.35 bits per heavy atom. The monoisotopic (exact) mass is 229 g/mol. The minimum atomic E-state index is 0.483. The minimum Gasteiger partial charge on any atom is -0.382 e. The summed E-state index contributed by atoms with van der Waals surface area (Å²) in [5, 5.41) is 12.4. The van der Waals surface area contributed by atoms with E-state index >= 15 is 0 Å². The zero-order valence-corrected chi connectivity index (χ0v) is 10.3. The quantitative estimate of drug-likeness (QED) is 0.791. The van der Waals surface area contributed by atoms with Crippen molar-refractivity contribution in [2.45, 2.75) is 45.1 Å². The maximum Gasteiger partial charge on any atom is 0.142 e. The van der Waals surface area contributed by atoms with E-state index in [0.29, 0.717) is 17.7 Å². The van der Waals surface area contributed by atoms with Crippen LogP contribution < -0.4 is 5.32 Å². The number of hydrogen-bond donors (Lipinski definition) is 1. The Labute approximate surface area is 103 Å². The average molecular weight is 229 g/mol. The van der Waals surface area contributed by atoms with Gasteiger partial charge in [0.25, 0.3) is 0 Å². The number of nitrogens with one attached hydrogen (secondary N) is 1. The van der Waals surface area contributed by atoms with Crippen LogP contribution in [0, 0.1) is 17.2 Å². The SMILES string of the molecule is CC1CCCCCC1Nc1ccnc(C#N)c1. The summed E-state index contributed by atoms with van der Waals surface area (Å²) in [5.74, 6) is 0.705. The summed E-state index contributed by atoms with van der Waals surface area (Å²) in [6.07, 6.45) is 8.22. The van der Waals surface area contributed by atoms with Crippen molar-refractivity contribution in [1.82, 2.24) is 4.98 Å². The first-order valence-corrected chi connectivity index (χ1v) is 6.42. The first-order valence-electron chi connectivity index (χ1n) is 6.42. The van der Waals surface area contributed by atoms with Gasteiger partial charge >= 0.3 is 0 Å². The van der Waals surface area contributed by atoms with Crippen molar-refractivity contribution >= 4 is 5.69 Å². The van der Waals surface area contributed by atoms with Gasteiger partial charge in [-0.2, -0.15) is 5.26 Å². The maximum atomic E-state index is 8.82. The van der Waals surface area contributed by atoms with Gasteiger partial charge in [-0.05, 0) is 30.9 Å². The Kier molecular flexibility index (Phi) is 3.98.